The Bertz CT molecular complexity index is 786. The van der Waals surface area contributed by atoms with Crippen LogP contribution in [0.4, 0.5) is 11.4 Å². The molecule has 1 aliphatic rings. The summed E-state index contributed by atoms with van der Waals surface area (Å²) >= 11 is 0. The number of carbonyl (C=O) groups excluding carboxylic acids is 1. The Labute approximate surface area is 158 Å². The fraction of sp³-hybridized carbons (Fsp3) is 0.350. The number of nitrogens with zero attached hydrogens (tertiary/aromatic N) is 1. The summed E-state index contributed by atoms with van der Waals surface area (Å²) in [6.07, 6.45) is 0. The number of hydrogen-bond acceptors (Lipinski definition) is 6. The van der Waals surface area contributed by atoms with Gasteiger partial charge < -0.3 is 29.2 Å². The first kappa shape index (κ1) is 18.8. The highest BCUT2D eigenvalue weighted by Crippen LogP contribution is 2.35. The minimum Gasteiger partial charge on any atom is -0.496 e. The van der Waals surface area contributed by atoms with Gasteiger partial charge in [-0.3, -0.25) is 4.79 Å². The highest BCUT2D eigenvalue weighted by Gasteiger charge is 2.18. The van der Waals surface area contributed by atoms with E-state index in [1.165, 1.54) is 21.3 Å². The van der Waals surface area contributed by atoms with Crippen molar-refractivity contribution in [3.8, 4) is 17.2 Å². The Kier molecular flexibility index (Phi) is 6.03. The van der Waals surface area contributed by atoms with Crippen molar-refractivity contribution in [2.75, 3.05) is 57.8 Å². The lowest BCUT2D eigenvalue weighted by Gasteiger charge is -2.28. The van der Waals surface area contributed by atoms with E-state index in [0.29, 0.717) is 28.5 Å². The topological polar surface area (TPSA) is 69.3 Å². The molecule has 0 bridgehead atoms. The van der Waals surface area contributed by atoms with Gasteiger partial charge >= 0.3 is 0 Å². The lowest BCUT2D eigenvalue weighted by Crippen LogP contribution is -2.36. The standard InChI is InChI=1S/C20H24N2O5/c1-24-17-13-19(26-3)18(25-2)12-16(17)20(23)21-14-4-6-15(7-5-14)22-8-10-27-11-9-22/h4-7,12-13H,8-11H2,1-3H3,(H,21,23). The maximum Gasteiger partial charge on any atom is 0.259 e. The van der Waals surface area contributed by atoms with Gasteiger partial charge in [0.15, 0.2) is 11.5 Å². The smallest absolute Gasteiger partial charge is 0.259 e. The summed E-state index contributed by atoms with van der Waals surface area (Å²) in [5, 5.41) is 2.89. The largest absolute Gasteiger partial charge is 0.496 e. The fourth-order valence-electron chi connectivity index (χ4n) is 2.98. The number of hydrogen-bond donors (Lipinski definition) is 1. The maximum absolute atomic E-state index is 12.7. The molecule has 27 heavy (non-hydrogen) atoms. The minimum absolute atomic E-state index is 0.285. The van der Waals surface area contributed by atoms with Gasteiger partial charge in [0, 0.05) is 36.6 Å². The van der Waals surface area contributed by atoms with Crippen LogP contribution in [-0.2, 0) is 4.74 Å². The average molecular weight is 372 g/mol. The second kappa shape index (κ2) is 8.64. The highest BCUT2D eigenvalue weighted by molar-refractivity contribution is 6.06. The van der Waals surface area contributed by atoms with Gasteiger partial charge in [-0.1, -0.05) is 0 Å². The second-order valence-corrected chi connectivity index (χ2v) is 6.01. The van der Waals surface area contributed by atoms with E-state index in [9.17, 15) is 4.79 Å². The summed E-state index contributed by atoms with van der Waals surface area (Å²) in [4.78, 5) is 15.0. The van der Waals surface area contributed by atoms with Crippen LogP contribution in [0.15, 0.2) is 36.4 Å². The minimum atomic E-state index is -0.285. The highest BCUT2D eigenvalue weighted by atomic mass is 16.5. The van der Waals surface area contributed by atoms with Crippen molar-refractivity contribution in [3.05, 3.63) is 42.0 Å². The quantitative estimate of drug-likeness (QED) is 0.841. The first-order valence-electron chi connectivity index (χ1n) is 8.70. The molecule has 0 unspecified atom stereocenters. The summed E-state index contributed by atoms with van der Waals surface area (Å²) in [6.45, 7) is 3.21. The second-order valence-electron chi connectivity index (χ2n) is 6.01. The number of anilines is 2. The van der Waals surface area contributed by atoms with Crippen molar-refractivity contribution in [1.29, 1.82) is 0 Å². The Balaban J connectivity index is 1.76. The van der Waals surface area contributed by atoms with Gasteiger partial charge in [-0.25, -0.2) is 0 Å². The van der Waals surface area contributed by atoms with Crippen molar-refractivity contribution >= 4 is 17.3 Å². The molecule has 144 valence electrons. The first-order valence-corrected chi connectivity index (χ1v) is 8.70. The number of benzene rings is 2. The van der Waals surface area contributed by atoms with Crippen LogP contribution >= 0.6 is 0 Å². The average Bonchev–Trinajstić information content (AvgIpc) is 2.73. The van der Waals surface area contributed by atoms with E-state index in [-0.39, 0.29) is 5.91 Å². The van der Waals surface area contributed by atoms with Crippen LogP contribution in [0, 0.1) is 0 Å². The molecule has 7 heteroatoms. The molecule has 1 aliphatic heterocycles. The van der Waals surface area contributed by atoms with Crippen molar-refractivity contribution in [1.82, 2.24) is 0 Å². The van der Waals surface area contributed by atoms with Crippen molar-refractivity contribution < 1.29 is 23.7 Å². The number of amides is 1. The third-order valence-electron chi connectivity index (χ3n) is 4.45. The van der Waals surface area contributed by atoms with Gasteiger partial charge in [0.25, 0.3) is 5.91 Å². The van der Waals surface area contributed by atoms with Gasteiger partial charge in [-0.2, -0.15) is 0 Å². The number of morpholine rings is 1. The molecule has 0 spiro atoms. The van der Waals surface area contributed by atoms with Crippen molar-refractivity contribution in [2.45, 2.75) is 0 Å². The molecule has 1 amide bonds. The molecule has 1 fully saturated rings. The van der Waals surface area contributed by atoms with Crippen LogP contribution in [0.1, 0.15) is 10.4 Å². The molecule has 0 radical (unpaired) electrons. The van der Waals surface area contributed by atoms with E-state index >= 15 is 0 Å². The van der Waals surface area contributed by atoms with E-state index in [1.54, 1.807) is 12.1 Å². The molecular formula is C20H24N2O5. The fourth-order valence-corrected chi connectivity index (χ4v) is 2.98. The van der Waals surface area contributed by atoms with Crippen LogP contribution in [-0.4, -0.2) is 53.5 Å². The predicted molar refractivity (Wildman–Crippen MR) is 104 cm³/mol. The van der Waals surface area contributed by atoms with Crippen LogP contribution in [0.5, 0.6) is 17.2 Å². The molecule has 0 saturated carbocycles. The number of methoxy groups -OCH3 is 3. The summed E-state index contributed by atoms with van der Waals surface area (Å²) < 4.78 is 21.2. The van der Waals surface area contributed by atoms with Crippen LogP contribution < -0.4 is 24.4 Å². The normalized spacial score (nSPS) is 13.8. The third-order valence-corrected chi connectivity index (χ3v) is 4.45. The van der Waals surface area contributed by atoms with E-state index in [2.05, 4.69) is 10.2 Å². The molecule has 7 nitrogen and oxygen atoms in total. The van der Waals surface area contributed by atoms with E-state index in [4.69, 9.17) is 18.9 Å². The van der Waals surface area contributed by atoms with Gasteiger partial charge in [-0.15, -0.1) is 0 Å². The molecule has 1 saturated heterocycles. The van der Waals surface area contributed by atoms with Gasteiger partial charge in [0.05, 0.1) is 40.1 Å². The van der Waals surface area contributed by atoms with Gasteiger partial charge in [-0.05, 0) is 24.3 Å². The Morgan fingerprint density at radius 3 is 2.11 bits per heavy atom. The van der Waals surface area contributed by atoms with Crippen molar-refractivity contribution in [3.63, 3.8) is 0 Å². The van der Waals surface area contributed by atoms with E-state index < -0.39 is 0 Å². The van der Waals surface area contributed by atoms with Crippen LogP contribution in [0.2, 0.25) is 0 Å². The SMILES string of the molecule is COc1cc(OC)c(C(=O)Nc2ccc(N3CCOCC3)cc2)cc1OC. The summed E-state index contributed by atoms with van der Waals surface area (Å²) in [5.74, 6) is 1.09. The Morgan fingerprint density at radius 1 is 0.926 bits per heavy atom. The van der Waals surface area contributed by atoms with E-state index in [0.717, 1.165) is 32.0 Å². The molecule has 2 aromatic carbocycles. The van der Waals surface area contributed by atoms with Gasteiger partial charge in [0.2, 0.25) is 0 Å². The Hall–Kier alpha value is -2.93. The first-order chi connectivity index (χ1) is 13.2. The molecule has 1 N–H and O–H groups in total. The lowest BCUT2D eigenvalue weighted by atomic mass is 10.1. The molecule has 0 aromatic heterocycles. The maximum atomic E-state index is 12.7. The zero-order valence-electron chi connectivity index (χ0n) is 15.8. The number of carbonyl (C=O) groups is 1. The molecule has 0 aliphatic carbocycles. The zero-order chi connectivity index (χ0) is 19.2. The Morgan fingerprint density at radius 2 is 1.52 bits per heavy atom. The lowest BCUT2D eigenvalue weighted by molar-refractivity contribution is 0.102. The zero-order valence-corrected chi connectivity index (χ0v) is 15.8. The third kappa shape index (κ3) is 4.25. The van der Waals surface area contributed by atoms with Gasteiger partial charge in [0.1, 0.15) is 5.75 Å². The molecular weight excluding hydrogens is 348 g/mol. The summed E-state index contributed by atoms with van der Waals surface area (Å²) in [5.41, 5.74) is 2.18. The van der Waals surface area contributed by atoms with Crippen LogP contribution in [0.3, 0.4) is 0 Å². The summed E-state index contributed by atoms with van der Waals surface area (Å²) in [7, 11) is 4.57. The molecule has 0 atom stereocenters. The molecule has 2 aromatic rings. The van der Waals surface area contributed by atoms with Crippen LogP contribution in [0.25, 0.3) is 0 Å². The monoisotopic (exact) mass is 372 g/mol. The predicted octanol–water partition coefficient (Wildman–Crippen LogP) is 2.80. The number of ether oxygens (including phenoxy) is 4. The molecule has 1 heterocycles. The van der Waals surface area contributed by atoms with Crippen molar-refractivity contribution in [2.24, 2.45) is 0 Å². The summed E-state index contributed by atoms with van der Waals surface area (Å²) in [6, 6.07) is 11.0. The number of nitrogens with one attached hydrogen (secondary N) is 1. The number of rotatable bonds is 6. The van der Waals surface area contributed by atoms with E-state index in [1.807, 2.05) is 24.3 Å². The molecule has 3 rings (SSSR count).